The molecule has 48 heavy (non-hydrogen) atoms. The van der Waals surface area contributed by atoms with Crippen LogP contribution in [-0.2, 0) is 5.41 Å². The second-order valence-electron chi connectivity index (χ2n) is 13.1. The second-order valence-corrected chi connectivity index (χ2v) is 14.1. The standard InChI is InChI=1S/C46H37NS/c1-5-38-40-28-29-41-39-18-12-13-19-43(39)48-45(41)44(40)46(3,4)42(38)30-31(2)47(36-24-20-34(21-25-36)32-14-8-6-9-15-32)37-26-22-35(23-27-37)33-16-10-7-11-17-33/h5-30H,1H2,2-4H3/b31-30+. The van der Waals surface area contributed by atoms with Gasteiger partial charge in [0.25, 0.3) is 0 Å². The first-order chi connectivity index (χ1) is 23.4. The average molecular weight is 636 g/mol. The summed E-state index contributed by atoms with van der Waals surface area (Å²) in [6, 6.07) is 52.4. The molecule has 0 fully saturated rings. The van der Waals surface area contributed by atoms with Gasteiger partial charge in [-0.25, -0.2) is 0 Å². The zero-order valence-corrected chi connectivity index (χ0v) is 28.4. The van der Waals surface area contributed by atoms with Crippen LogP contribution in [0.5, 0.6) is 0 Å². The third kappa shape index (κ3) is 5.01. The molecule has 1 nitrogen and oxygen atoms in total. The summed E-state index contributed by atoms with van der Waals surface area (Å²) in [4.78, 5) is 2.38. The van der Waals surface area contributed by atoms with Crippen molar-refractivity contribution in [3.05, 3.63) is 187 Å². The Hall–Kier alpha value is -5.44. The van der Waals surface area contributed by atoms with Gasteiger partial charge >= 0.3 is 0 Å². The molecule has 1 heterocycles. The zero-order valence-electron chi connectivity index (χ0n) is 27.6. The fourth-order valence-corrected chi connectivity index (χ4v) is 8.83. The molecule has 1 aromatic heterocycles. The van der Waals surface area contributed by atoms with E-state index < -0.39 is 0 Å². The number of hydrogen-bond donors (Lipinski definition) is 0. The highest BCUT2D eigenvalue weighted by Crippen LogP contribution is 2.53. The van der Waals surface area contributed by atoms with Crippen LogP contribution >= 0.6 is 11.3 Å². The molecular formula is C46H37NS. The Balaban J connectivity index is 1.25. The van der Waals surface area contributed by atoms with Gasteiger partial charge in [0.05, 0.1) is 0 Å². The van der Waals surface area contributed by atoms with Gasteiger partial charge in [0, 0.05) is 42.7 Å². The number of thiophene rings is 1. The van der Waals surface area contributed by atoms with Crippen LogP contribution in [-0.4, -0.2) is 0 Å². The Labute approximate surface area is 287 Å². The number of fused-ring (bicyclic) bond motifs is 5. The predicted molar refractivity (Wildman–Crippen MR) is 209 cm³/mol. The van der Waals surface area contributed by atoms with E-state index in [1.807, 2.05) is 11.3 Å². The Kier molecular flexibility index (Phi) is 7.47. The molecule has 0 unspecified atom stereocenters. The molecule has 0 aliphatic heterocycles. The Bertz CT molecular complexity index is 2270. The fourth-order valence-electron chi connectivity index (χ4n) is 7.43. The SMILES string of the molecule is C=CC1=C(/C=C(\C)N(c2ccc(-c3ccccc3)cc2)c2ccc(-c3ccccc3)cc2)C(C)(C)c2c1ccc1c2sc2ccccc21. The van der Waals surface area contributed by atoms with Crippen molar-refractivity contribution in [1.29, 1.82) is 0 Å². The minimum Gasteiger partial charge on any atom is -0.315 e. The molecule has 6 aromatic carbocycles. The molecule has 8 rings (SSSR count). The van der Waals surface area contributed by atoms with Crippen LogP contribution in [0, 0.1) is 0 Å². The monoisotopic (exact) mass is 635 g/mol. The third-order valence-electron chi connectivity index (χ3n) is 9.80. The van der Waals surface area contributed by atoms with Crippen LogP contribution < -0.4 is 4.90 Å². The van der Waals surface area contributed by atoms with Crippen molar-refractivity contribution >= 4 is 48.5 Å². The van der Waals surface area contributed by atoms with E-state index in [1.165, 1.54) is 64.7 Å². The maximum absolute atomic E-state index is 4.33. The number of benzene rings is 6. The fraction of sp³-hybridized carbons (Fsp3) is 0.0870. The zero-order chi connectivity index (χ0) is 32.8. The molecule has 2 heteroatoms. The molecule has 0 spiro atoms. The van der Waals surface area contributed by atoms with Gasteiger partial charge in [-0.2, -0.15) is 0 Å². The van der Waals surface area contributed by atoms with E-state index in [-0.39, 0.29) is 5.41 Å². The van der Waals surface area contributed by atoms with E-state index in [1.54, 1.807) is 0 Å². The van der Waals surface area contributed by atoms with E-state index in [0.717, 1.165) is 17.1 Å². The summed E-state index contributed by atoms with van der Waals surface area (Å²) >= 11 is 1.91. The van der Waals surface area contributed by atoms with Gasteiger partial charge in [0.15, 0.2) is 0 Å². The van der Waals surface area contributed by atoms with Crippen molar-refractivity contribution in [2.24, 2.45) is 0 Å². The van der Waals surface area contributed by atoms with Crippen molar-refractivity contribution in [3.63, 3.8) is 0 Å². The van der Waals surface area contributed by atoms with Crippen molar-refractivity contribution in [3.8, 4) is 22.3 Å². The first-order valence-corrected chi connectivity index (χ1v) is 17.4. The molecule has 0 atom stereocenters. The molecule has 0 saturated heterocycles. The molecule has 0 N–H and O–H groups in total. The Morgan fingerprint density at radius 1 is 0.604 bits per heavy atom. The summed E-state index contributed by atoms with van der Waals surface area (Å²) in [5.41, 5.74) is 13.2. The molecule has 0 amide bonds. The summed E-state index contributed by atoms with van der Waals surface area (Å²) < 4.78 is 2.71. The topological polar surface area (TPSA) is 3.24 Å². The lowest BCUT2D eigenvalue weighted by Gasteiger charge is -2.29. The quantitative estimate of drug-likeness (QED) is 0.168. The summed E-state index contributed by atoms with van der Waals surface area (Å²) in [7, 11) is 0. The number of allylic oxidation sites excluding steroid dienone is 5. The van der Waals surface area contributed by atoms with E-state index in [9.17, 15) is 0 Å². The third-order valence-corrected chi connectivity index (χ3v) is 11.0. The van der Waals surface area contributed by atoms with Gasteiger partial charge < -0.3 is 4.90 Å². The lowest BCUT2D eigenvalue weighted by Crippen LogP contribution is -2.19. The van der Waals surface area contributed by atoms with Crippen LogP contribution in [0.1, 0.15) is 31.9 Å². The molecule has 0 radical (unpaired) electrons. The van der Waals surface area contributed by atoms with Gasteiger partial charge in [-0.05, 0) is 87.9 Å². The number of anilines is 2. The molecule has 1 aliphatic carbocycles. The molecule has 232 valence electrons. The maximum Gasteiger partial charge on any atom is 0.0458 e. The lowest BCUT2D eigenvalue weighted by molar-refractivity contribution is 0.660. The first kappa shape index (κ1) is 29.9. The largest absolute Gasteiger partial charge is 0.315 e. The highest BCUT2D eigenvalue weighted by Gasteiger charge is 2.38. The summed E-state index contributed by atoms with van der Waals surface area (Å²) in [6.07, 6.45) is 4.45. The highest BCUT2D eigenvalue weighted by atomic mass is 32.1. The van der Waals surface area contributed by atoms with Gasteiger partial charge in [-0.1, -0.05) is 142 Å². The molecule has 1 aliphatic rings. The minimum atomic E-state index is -0.208. The first-order valence-electron chi connectivity index (χ1n) is 16.6. The van der Waals surface area contributed by atoms with Gasteiger partial charge in [0.2, 0.25) is 0 Å². The number of nitrogens with zero attached hydrogens (tertiary/aromatic N) is 1. The Morgan fingerprint density at radius 3 is 1.69 bits per heavy atom. The average Bonchev–Trinajstić information content (AvgIpc) is 3.61. The molecule has 7 aromatic rings. The lowest BCUT2D eigenvalue weighted by atomic mass is 9.80. The van der Waals surface area contributed by atoms with Crippen LogP contribution in [0.25, 0.3) is 48.0 Å². The van der Waals surface area contributed by atoms with Gasteiger partial charge in [-0.15, -0.1) is 11.3 Å². The van der Waals surface area contributed by atoms with Crippen molar-refractivity contribution < 1.29 is 0 Å². The summed E-state index contributed by atoms with van der Waals surface area (Å²) in [6.45, 7) is 11.3. The van der Waals surface area contributed by atoms with Gasteiger partial charge in [0.1, 0.15) is 0 Å². The van der Waals surface area contributed by atoms with Crippen LogP contribution in [0.15, 0.2) is 176 Å². The van der Waals surface area contributed by atoms with E-state index >= 15 is 0 Å². The summed E-state index contributed by atoms with van der Waals surface area (Å²) in [5.74, 6) is 0. The van der Waals surface area contributed by atoms with E-state index in [4.69, 9.17) is 0 Å². The van der Waals surface area contributed by atoms with Crippen LogP contribution in [0.4, 0.5) is 11.4 Å². The van der Waals surface area contributed by atoms with Crippen molar-refractivity contribution in [2.45, 2.75) is 26.2 Å². The highest BCUT2D eigenvalue weighted by molar-refractivity contribution is 7.26. The predicted octanol–water partition coefficient (Wildman–Crippen LogP) is 13.4. The van der Waals surface area contributed by atoms with Crippen LogP contribution in [0.2, 0.25) is 0 Å². The molecular weight excluding hydrogens is 599 g/mol. The smallest absolute Gasteiger partial charge is 0.0458 e. The summed E-state index contributed by atoms with van der Waals surface area (Å²) in [5, 5.41) is 2.67. The number of hydrogen-bond acceptors (Lipinski definition) is 2. The van der Waals surface area contributed by atoms with Crippen LogP contribution in [0.3, 0.4) is 0 Å². The molecule has 0 saturated carbocycles. The second kappa shape index (κ2) is 12.0. The van der Waals surface area contributed by atoms with E-state index in [0.29, 0.717) is 0 Å². The Morgan fingerprint density at radius 2 is 1.12 bits per heavy atom. The van der Waals surface area contributed by atoms with Crippen molar-refractivity contribution in [1.82, 2.24) is 0 Å². The molecule has 0 bridgehead atoms. The minimum absolute atomic E-state index is 0.208. The normalized spacial score (nSPS) is 14.0. The van der Waals surface area contributed by atoms with E-state index in [2.05, 4.69) is 190 Å². The van der Waals surface area contributed by atoms with Crippen molar-refractivity contribution in [2.75, 3.05) is 4.90 Å². The maximum atomic E-state index is 4.33. The number of rotatable bonds is 7. The van der Waals surface area contributed by atoms with Gasteiger partial charge in [-0.3, -0.25) is 0 Å².